The predicted octanol–water partition coefficient (Wildman–Crippen LogP) is 3.70. The Balaban J connectivity index is 1.84. The van der Waals surface area contributed by atoms with Gasteiger partial charge in [-0.05, 0) is 55.4 Å². The van der Waals surface area contributed by atoms with E-state index < -0.39 is 18.1 Å². The molecule has 1 fully saturated rings. The van der Waals surface area contributed by atoms with Crippen LogP contribution in [0.25, 0.3) is 0 Å². The summed E-state index contributed by atoms with van der Waals surface area (Å²) in [5, 5.41) is 12.3. The molecule has 7 heteroatoms. The van der Waals surface area contributed by atoms with E-state index in [0.29, 0.717) is 17.7 Å². The Kier molecular flexibility index (Phi) is 7.50. The summed E-state index contributed by atoms with van der Waals surface area (Å²) >= 11 is 0. The fraction of sp³-hybridized carbons (Fsp3) is 0.458. The zero-order chi connectivity index (χ0) is 22.4. The minimum Gasteiger partial charge on any atom is -0.490 e. The van der Waals surface area contributed by atoms with Crippen molar-refractivity contribution in [3.63, 3.8) is 0 Å². The highest BCUT2D eigenvalue weighted by Crippen LogP contribution is 2.28. The molecule has 1 saturated carbocycles. The summed E-state index contributed by atoms with van der Waals surface area (Å²) < 4.78 is 7.34. The molecular formula is C24H30N2O5. The highest BCUT2D eigenvalue weighted by atomic mass is 16.5. The summed E-state index contributed by atoms with van der Waals surface area (Å²) in [4.78, 5) is 37.1. The van der Waals surface area contributed by atoms with E-state index >= 15 is 0 Å². The first kappa shape index (κ1) is 22.6. The number of carbonyl (C=O) groups is 2. The van der Waals surface area contributed by atoms with Gasteiger partial charge < -0.3 is 19.7 Å². The molecule has 166 valence electrons. The van der Waals surface area contributed by atoms with E-state index in [-0.39, 0.29) is 29.9 Å². The Labute approximate surface area is 182 Å². The largest absolute Gasteiger partial charge is 0.490 e. The maximum atomic E-state index is 13.2. The molecule has 1 aliphatic rings. The summed E-state index contributed by atoms with van der Waals surface area (Å²) in [6.07, 6.45) is 5.16. The van der Waals surface area contributed by atoms with Gasteiger partial charge in [-0.2, -0.15) is 0 Å². The van der Waals surface area contributed by atoms with Crippen molar-refractivity contribution < 1.29 is 19.4 Å². The molecule has 7 nitrogen and oxygen atoms in total. The zero-order valence-electron chi connectivity index (χ0n) is 18.0. The van der Waals surface area contributed by atoms with Crippen LogP contribution < -0.4 is 15.6 Å². The number of carboxylic acid groups (broad SMARTS) is 1. The average molecular weight is 427 g/mol. The molecular weight excluding hydrogens is 396 g/mol. The second-order valence-corrected chi connectivity index (χ2v) is 8.49. The van der Waals surface area contributed by atoms with Crippen LogP contribution in [0.1, 0.15) is 63.6 Å². The third-order valence-electron chi connectivity index (χ3n) is 5.49. The van der Waals surface area contributed by atoms with Crippen molar-refractivity contribution in [2.45, 2.75) is 64.1 Å². The first-order chi connectivity index (χ1) is 14.8. The minimum atomic E-state index is -1.02. The highest BCUT2D eigenvalue weighted by molar-refractivity contribution is 5.81. The topological polar surface area (TPSA) is 97.6 Å². The first-order valence-electron chi connectivity index (χ1n) is 10.8. The average Bonchev–Trinajstić information content (AvgIpc) is 2.69. The monoisotopic (exact) mass is 426 g/mol. The molecule has 1 aliphatic carbocycles. The van der Waals surface area contributed by atoms with Crippen molar-refractivity contribution in [2.75, 3.05) is 0 Å². The fourth-order valence-corrected chi connectivity index (χ4v) is 3.67. The number of amides is 1. The molecule has 0 radical (unpaired) electrons. The maximum Gasteiger partial charge on any atom is 0.305 e. The molecule has 2 atom stereocenters. The molecule has 1 heterocycles. The van der Waals surface area contributed by atoms with Gasteiger partial charge in [0.05, 0.1) is 18.6 Å². The van der Waals surface area contributed by atoms with Crippen molar-refractivity contribution in [1.82, 2.24) is 9.88 Å². The Hall–Kier alpha value is -3.09. The van der Waals surface area contributed by atoms with Crippen molar-refractivity contribution in [2.24, 2.45) is 5.92 Å². The predicted molar refractivity (Wildman–Crippen MR) is 117 cm³/mol. The second kappa shape index (κ2) is 10.3. The van der Waals surface area contributed by atoms with Crippen LogP contribution in [-0.2, 0) is 9.59 Å². The minimum absolute atomic E-state index is 0.167. The molecule has 1 aromatic carbocycles. The number of benzene rings is 1. The van der Waals surface area contributed by atoms with Crippen LogP contribution in [0.3, 0.4) is 0 Å². The van der Waals surface area contributed by atoms with Gasteiger partial charge >= 0.3 is 5.97 Å². The Morgan fingerprint density at radius 2 is 1.97 bits per heavy atom. The molecule has 31 heavy (non-hydrogen) atoms. The van der Waals surface area contributed by atoms with Crippen LogP contribution in [0.5, 0.6) is 5.75 Å². The second-order valence-electron chi connectivity index (χ2n) is 8.49. The van der Waals surface area contributed by atoms with Gasteiger partial charge in [0.15, 0.2) is 0 Å². The van der Waals surface area contributed by atoms with Gasteiger partial charge in [0.25, 0.3) is 5.56 Å². The summed E-state index contributed by atoms with van der Waals surface area (Å²) in [5.74, 6) is -0.559. The number of carboxylic acids is 1. The molecule has 1 aromatic heterocycles. The van der Waals surface area contributed by atoms with Gasteiger partial charge in [0.1, 0.15) is 11.8 Å². The SMILES string of the molecule is CC(C)CC(C(=O)NC(CC(=O)O)c1cccc(OC2CCC2)c1)n1ccccc1=O. The molecule has 2 N–H and O–H groups in total. The smallest absolute Gasteiger partial charge is 0.305 e. The Morgan fingerprint density at radius 1 is 1.19 bits per heavy atom. The molecule has 0 aliphatic heterocycles. The van der Waals surface area contributed by atoms with E-state index in [4.69, 9.17) is 4.74 Å². The highest BCUT2D eigenvalue weighted by Gasteiger charge is 2.27. The van der Waals surface area contributed by atoms with Gasteiger partial charge in [-0.1, -0.05) is 32.0 Å². The molecule has 1 amide bonds. The lowest BCUT2D eigenvalue weighted by Crippen LogP contribution is -2.39. The van der Waals surface area contributed by atoms with E-state index in [2.05, 4.69) is 5.32 Å². The van der Waals surface area contributed by atoms with E-state index in [0.717, 1.165) is 19.3 Å². The van der Waals surface area contributed by atoms with E-state index in [1.807, 2.05) is 19.9 Å². The van der Waals surface area contributed by atoms with E-state index in [1.165, 1.54) is 10.6 Å². The Bertz CT molecular complexity index is 964. The van der Waals surface area contributed by atoms with Gasteiger partial charge in [0, 0.05) is 12.3 Å². The van der Waals surface area contributed by atoms with Gasteiger partial charge in [-0.25, -0.2) is 0 Å². The third kappa shape index (κ3) is 6.20. The number of ether oxygens (including phenoxy) is 1. The summed E-state index contributed by atoms with van der Waals surface area (Å²) in [6.45, 7) is 3.95. The fourth-order valence-electron chi connectivity index (χ4n) is 3.67. The summed E-state index contributed by atoms with van der Waals surface area (Å²) in [5.41, 5.74) is 0.394. The van der Waals surface area contributed by atoms with Gasteiger partial charge in [-0.3, -0.25) is 14.4 Å². The molecule has 2 aromatic rings. The number of hydrogen-bond acceptors (Lipinski definition) is 4. The standard InChI is InChI=1S/C24H30N2O5/c1-16(2)13-21(26-12-4-3-11-22(26)27)24(30)25-20(15-23(28)29)17-7-5-10-19(14-17)31-18-8-6-9-18/h3-5,7,10-12,14,16,18,20-21H,6,8-9,13,15H2,1-2H3,(H,25,30)(H,28,29). The number of aliphatic carboxylic acids is 1. The molecule has 2 unspecified atom stereocenters. The number of nitrogens with zero attached hydrogens (tertiary/aromatic N) is 1. The van der Waals surface area contributed by atoms with Crippen LogP contribution in [0.2, 0.25) is 0 Å². The quantitative estimate of drug-likeness (QED) is 0.604. The molecule has 0 spiro atoms. The number of carbonyl (C=O) groups excluding carboxylic acids is 1. The van der Waals surface area contributed by atoms with Crippen LogP contribution >= 0.6 is 0 Å². The lowest BCUT2D eigenvalue weighted by Gasteiger charge is -2.27. The lowest BCUT2D eigenvalue weighted by atomic mass is 9.96. The van der Waals surface area contributed by atoms with Crippen LogP contribution in [-0.4, -0.2) is 27.7 Å². The van der Waals surface area contributed by atoms with Gasteiger partial charge in [0.2, 0.25) is 5.91 Å². The van der Waals surface area contributed by atoms with Crippen molar-refractivity contribution >= 4 is 11.9 Å². The van der Waals surface area contributed by atoms with Crippen LogP contribution in [0.15, 0.2) is 53.5 Å². The van der Waals surface area contributed by atoms with Crippen LogP contribution in [0, 0.1) is 5.92 Å². The van der Waals surface area contributed by atoms with E-state index in [9.17, 15) is 19.5 Å². The first-order valence-corrected chi connectivity index (χ1v) is 10.8. The lowest BCUT2D eigenvalue weighted by molar-refractivity contribution is -0.138. The van der Waals surface area contributed by atoms with Crippen molar-refractivity contribution in [3.8, 4) is 5.75 Å². The molecule has 0 saturated heterocycles. The zero-order valence-corrected chi connectivity index (χ0v) is 18.0. The number of aromatic nitrogens is 1. The molecule has 3 rings (SSSR count). The number of rotatable bonds is 10. The van der Waals surface area contributed by atoms with E-state index in [1.54, 1.807) is 36.5 Å². The normalized spacial score (nSPS) is 15.7. The van der Waals surface area contributed by atoms with Crippen molar-refractivity contribution in [3.05, 3.63) is 64.6 Å². The number of hydrogen-bond donors (Lipinski definition) is 2. The third-order valence-corrected chi connectivity index (χ3v) is 5.49. The summed E-state index contributed by atoms with van der Waals surface area (Å²) in [7, 11) is 0. The number of nitrogens with one attached hydrogen (secondary N) is 1. The van der Waals surface area contributed by atoms with Crippen molar-refractivity contribution in [1.29, 1.82) is 0 Å². The summed E-state index contributed by atoms with van der Waals surface area (Å²) in [6, 6.07) is 10.5. The molecule has 0 bridgehead atoms. The van der Waals surface area contributed by atoms with Gasteiger partial charge in [-0.15, -0.1) is 0 Å². The Morgan fingerprint density at radius 3 is 2.58 bits per heavy atom. The van der Waals surface area contributed by atoms with Crippen LogP contribution in [0.4, 0.5) is 0 Å². The number of pyridine rings is 1. The maximum absolute atomic E-state index is 13.2.